The Labute approximate surface area is 161 Å². The van der Waals surface area contributed by atoms with Gasteiger partial charge < -0.3 is 25.0 Å². The van der Waals surface area contributed by atoms with E-state index in [1.807, 2.05) is 31.2 Å². The Balaban J connectivity index is 1.49. The van der Waals surface area contributed by atoms with Crippen molar-refractivity contribution in [3.8, 4) is 5.75 Å². The molecule has 2 aliphatic heterocycles. The van der Waals surface area contributed by atoms with Gasteiger partial charge in [0.05, 0.1) is 17.8 Å². The first kappa shape index (κ1) is 19.5. The Morgan fingerprint density at radius 3 is 2.96 bits per heavy atom. The summed E-state index contributed by atoms with van der Waals surface area (Å²) in [6, 6.07) is 7.66. The van der Waals surface area contributed by atoms with Crippen molar-refractivity contribution in [2.75, 3.05) is 44.3 Å². The molecule has 2 N–H and O–H groups in total. The molecule has 0 aromatic heterocycles. The molecule has 1 saturated heterocycles. The number of para-hydroxylation sites is 2. The van der Waals surface area contributed by atoms with E-state index in [4.69, 9.17) is 9.47 Å². The molecule has 1 amide bonds. The van der Waals surface area contributed by atoms with E-state index < -0.39 is 0 Å². The van der Waals surface area contributed by atoms with Crippen LogP contribution >= 0.6 is 0 Å². The Bertz CT molecular complexity index is 671. The lowest BCUT2D eigenvalue weighted by Crippen LogP contribution is -2.42. The number of guanidine groups is 1. The Morgan fingerprint density at radius 1 is 1.33 bits per heavy atom. The molecule has 7 heteroatoms. The van der Waals surface area contributed by atoms with Gasteiger partial charge >= 0.3 is 0 Å². The lowest BCUT2D eigenvalue weighted by atomic mass is 10.0. The minimum absolute atomic E-state index is 0.000538. The largest absolute Gasteiger partial charge is 0.482 e. The number of rotatable bonds is 7. The van der Waals surface area contributed by atoms with Crippen molar-refractivity contribution < 1.29 is 14.3 Å². The molecule has 1 atom stereocenters. The molecular weight excluding hydrogens is 344 g/mol. The van der Waals surface area contributed by atoms with Crippen LogP contribution in [0.15, 0.2) is 29.3 Å². The van der Waals surface area contributed by atoms with Gasteiger partial charge in [-0.2, -0.15) is 0 Å². The third-order valence-corrected chi connectivity index (χ3v) is 4.88. The van der Waals surface area contributed by atoms with Gasteiger partial charge in [0.25, 0.3) is 5.91 Å². The van der Waals surface area contributed by atoms with Crippen molar-refractivity contribution >= 4 is 17.6 Å². The topological polar surface area (TPSA) is 75.2 Å². The highest BCUT2D eigenvalue weighted by atomic mass is 16.5. The predicted octanol–water partition coefficient (Wildman–Crippen LogP) is 1.93. The summed E-state index contributed by atoms with van der Waals surface area (Å²) in [4.78, 5) is 18.7. The fourth-order valence-corrected chi connectivity index (χ4v) is 3.39. The maximum absolute atomic E-state index is 12.2. The molecule has 0 spiro atoms. The Morgan fingerprint density at radius 2 is 2.19 bits per heavy atom. The lowest BCUT2D eigenvalue weighted by Gasteiger charge is -2.29. The average Bonchev–Trinajstić information content (AvgIpc) is 3.11. The molecule has 7 nitrogen and oxygen atoms in total. The third kappa shape index (κ3) is 5.13. The normalized spacial score (nSPS) is 22.4. The van der Waals surface area contributed by atoms with Gasteiger partial charge in [-0.3, -0.25) is 9.79 Å². The maximum atomic E-state index is 12.2. The van der Waals surface area contributed by atoms with Crippen molar-refractivity contribution in [1.29, 1.82) is 0 Å². The van der Waals surface area contributed by atoms with Crippen LogP contribution in [0.2, 0.25) is 0 Å². The number of carbonyl (C=O) groups is 1. The van der Waals surface area contributed by atoms with Crippen LogP contribution < -0.4 is 20.3 Å². The standard InChI is InChI=1S/C20H30N4O3/c1-3-21-19(23-15-20(2)10-6-13-27-20)22-11-7-12-24-16-8-4-5-9-17(16)26-14-18(24)25/h4-5,8-9H,3,6-7,10-15H2,1-2H3,(H2,21,22,23). The van der Waals surface area contributed by atoms with E-state index in [-0.39, 0.29) is 18.1 Å². The molecular formula is C20H30N4O3. The number of ether oxygens (including phenoxy) is 2. The Kier molecular flexibility index (Phi) is 6.55. The summed E-state index contributed by atoms with van der Waals surface area (Å²) >= 11 is 0. The van der Waals surface area contributed by atoms with E-state index in [0.29, 0.717) is 13.1 Å². The van der Waals surface area contributed by atoms with E-state index in [2.05, 4.69) is 22.5 Å². The zero-order chi connectivity index (χ0) is 19.1. The summed E-state index contributed by atoms with van der Waals surface area (Å²) in [6.45, 7) is 7.93. The monoisotopic (exact) mass is 374 g/mol. The minimum Gasteiger partial charge on any atom is -0.482 e. The minimum atomic E-state index is -0.147. The second kappa shape index (κ2) is 9.08. The van der Waals surface area contributed by atoms with Gasteiger partial charge in [0, 0.05) is 26.2 Å². The van der Waals surface area contributed by atoms with Gasteiger partial charge in [-0.25, -0.2) is 0 Å². The number of amides is 1. The van der Waals surface area contributed by atoms with E-state index in [9.17, 15) is 4.79 Å². The molecule has 0 radical (unpaired) electrons. The van der Waals surface area contributed by atoms with Gasteiger partial charge in [-0.15, -0.1) is 0 Å². The predicted molar refractivity (Wildman–Crippen MR) is 106 cm³/mol. The van der Waals surface area contributed by atoms with Crippen molar-refractivity contribution in [3.05, 3.63) is 24.3 Å². The number of aliphatic imine (C=N–C) groups is 1. The molecule has 2 aliphatic rings. The second-order valence-electron chi connectivity index (χ2n) is 7.18. The zero-order valence-electron chi connectivity index (χ0n) is 16.3. The number of anilines is 1. The molecule has 0 aliphatic carbocycles. The summed E-state index contributed by atoms with van der Waals surface area (Å²) in [5.41, 5.74) is 0.701. The van der Waals surface area contributed by atoms with Crippen molar-refractivity contribution in [3.63, 3.8) is 0 Å². The van der Waals surface area contributed by atoms with E-state index >= 15 is 0 Å². The van der Waals surface area contributed by atoms with E-state index in [0.717, 1.165) is 56.4 Å². The molecule has 0 bridgehead atoms. The summed E-state index contributed by atoms with van der Waals surface area (Å²) in [5, 5.41) is 6.62. The SMILES string of the molecule is CCNC(=NCC1(C)CCCO1)NCCCN1C(=O)COc2ccccc21. The zero-order valence-corrected chi connectivity index (χ0v) is 16.3. The fourth-order valence-electron chi connectivity index (χ4n) is 3.39. The summed E-state index contributed by atoms with van der Waals surface area (Å²) in [6.07, 6.45) is 2.97. The average molecular weight is 374 g/mol. The van der Waals surface area contributed by atoms with Crippen LogP contribution in [0.5, 0.6) is 5.75 Å². The molecule has 1 aromatic carbocycles. The van der Waals surface area contributed by atoms with Crippen molar-refractivity contribution in [2.45, 2.75) is 38.7 Å². The summed E-state index contributed by atoms with van der Waals surface area (Å²) in [7, 11) is 0. The highest BCUT2D eigenvalue weighted by Gasteiger charge is 2.29. The van der Waals surface area contributed by atoms with E-state index in [1.165, 1.54) is 0 Å². The number of nitrogens with zero attached hydrogens (tertiary/aromatic N) is 2. The number of hydrogen-bond acceptors (Lipinski definition) is 4. The summed E-state index contributed by atoms with van der Waals surface area (Å²) < 4.78 is 11.3. The smallest absolute Gasteiger partial charge is 0.265 e. The van der Waals surface area contributed by atoms with Crippen molar-refractivity contribution in [2.24, 2.45) is 4.99 Å². The highest BCUT2D eigenvalue weighted by Crippen LogP contribution is 2.31. The molecule has 3 rings (SSSR count). The van der Waals surface area contributed by atoms with Gasteiger partial charge in [0.2, 0.25) is 0 Å². The van der Waals surface area contributed by atoms with Gasteiger partial charge in [-0.05, 0) is 45.2 Å². The summed E-state index contributed by atoms with van der Waals surface area (Å²) in [5.74, 6) is 1.56. The number of benzene rings is 1. The first-order valence-electron chi connectivity index (χ1n) is 9.80. The fraction of sp³-hybridized carbons (Fsp3) is 0.600. The molecule has 2 heterocycles. The van der Waals surface area contributed by atoms with Crippen LogP contribution in [0.4, 0.5) is 5.69 Å². The van der Waals surface area contributed by atoms with Crippen molar-refractivity contribution in [1.82, 2.24) is 10.6 Å². The van der Waals surface area contributed by atoms with E-state index in [1.54, 1.807) is 4.90 Å². The van der Waals surface area contributed by atoms with Gasteiger partial charge in [-0.1, -0.05) is 12.1 Å². The lowest BCUT2D eigenvalue weighted by molar-refractivity contribution is -0.121. The van der Waals surface area contributed by atoms with Crippen LogP contribution in [0.1, 0.15) is 33.1 Å². The number of hydrogen-bond donors (Lipinski definition) is 2. The number of carbonyl (C=O) groups excluding carboxylic acids is 1. The van der Waals surface area contributed by atoms with Crippen LogP contribution in [-0.4, -0.2) is 56.9 Å². The molecule has 1 aromatic rings. The number of nitrogens with one attached hydrogen (secondary N) is 2. The number of fused-ring (bicyclic) bond motifs is 1. The van der Waals surface area contributed by atoms with Crippen LogP contribution in [-0.2, 0) is 9.53 Å². The Hall–Kier alpha value is -2.28. The first-order chi connectivity index (χ1) is 13.1. The molecule has 27 heavy (non-hydrogen) atoms. The van der Waals surface area contributed by atoms with Crippen LogP contribution in [0.3, 0.4) is 0 Å². The van der Waals surface area contributed by atoms with Crippen LogP contribution in [0.25, 0.3) is 0 Å². The molecule has 1 fully saturated rings. The third-order valence-electron chi connectivity index (χ3n) is 4.88. The van der Waals surface area contributed by atoms with Gasteiger partial charge in [0.1, 0.15) is 5.75 Å². The highest BCUT2D eigenvalue weighted by molar-refractivity contribution is 5.97. The molecule has 148 valence electrons. The molecule has 1 unspecified atom stereocenters. The second-order valence-corrected chi connectivity index (χ2v) is 7.18. The maximum Gasteiger partial charge on any atom is 0.265 e. The van der Waals surface area contributed by atoms with Gasteiger partial charge in [0.15, 0.2) is 12.6 Å². The molecule has 0 saturated carbocycles. The van der Waals surface area contributed by atoms with Crippen LogP contribution in [0, 0.1) is 0 Å². The first-order valence-corrected chi connectivity index (χ1v) is 9.80. The quantitative estimate of drug-likeness (QED) is 0.433.